The molecule has 0 aromatic heterocycles. The summed E-state index contributed by atoms with van der Waals surface area (Å²) in [6.07, 6.45) is 0. The normalized spacial score (nSPS) is 13.0. The molecule has 0 spiro atoms. The number of amides is 1. The van der Waals surface area contributed by atoms with Crippen LogP contribution in [0.1, 0.15) is 15.9 Å². The first-order valence-electron chi connectivity index (χ1n) is 7.02. The summed E-state index contributed by atoms with van der Waals surface area (Å²) in [5.41, 5.74) is 1.95. The Kier molecular flexibility index (Phi) is 4.52. The fraction of sp³-hybridized carbons (Fsp3) is 0.176. The number of benzene rings is 2. The van der Waals surface area contributed by atoms with Crippen molar-refractivity contribution in [1.29, 1.82) is 0 Å². The Hall–Kier alpha value is -2.47. The van der Waals surface area contributed by atoms with Gasteiger partial charge in [-0.25, -0.2) is 4.79 Å². The standard InChI is InChI=1S/C17H15NO4S/c1-21-13-5-2-11(3-6-13)9-22-17(20)12-4-7-15-14(8-12)18-16(19)10-23-15/h2-8H,9-10H2,1H3,(H,18,19). The van der Waals surface area contributed by atoms with Crippen LogP contribution in [0.25, 0.3) is 0 Å². The molecule has 2 aromatic rings. The third kappa shape index (κ3) is 3.65. The van der Waals surface area contributed by atoms with Crippen molar-refractivity contribution in [2.24, 2.45) is 0 Å². The molecule has 6 heteroatoms. The number of methoxy groups -OCH3 is 1. The Balaban J connectivity index is 1.66. The summed E-state index contributed by atoms with van der Waals surface area (Å²) < 4.78 is 10.4. The zero-order chi connectivity index (χ0) is 16.2. The highest BCUT2D eigenvalue weighted by Gasteiger charge is 2.17. The molecule has 0 atom stereocenters. The summed E-state index contributed by atoms with van der Waals surface area (Å²) in [5, 5.41) is 2.76. The molecule has 1 aliphatic heterocycles. The van der Waals surface area contributed by atoms with Crippen LogP contribution in [-0.4, -0.2) is 24.7 Å². The number of esters is 1. The summed E-state index contributed by atoms with van der Waals surface area (Å²) in [5.74, 6) is 0.663. The van der Waals surface area contributed by atoms with Crippen LogP contribution in [0.2, 0.25) is 0 Å². The van der Waals surface area contributed by atoms with E-state index < -0.39 is 5.97 Å². The lowest BCUT2D eigenvalue weighted by atomic mass is 10.2. The summed E-state index contributed by atoms with van der Waals surface area (Å²) in [6, 6.07) is 12.5. The Morgan fingerprint density at radius 3 is 2.74 bits per heavy atom. The van der Waals surface area contributed by atoms with Crippen molar-refractivity contribution >= 4 is 29.3 Å². The lowest BCUT2D eigenvalue weighted by Crippen LogP contribution is -2.19. The molecule has 0 aliphatic carbocycles. The van der Waals surface area contributed by atoms with Crippen LogP contribution in [0.5, 0.6) is 5.75 Å². The van der Waals surface area contributed by atoms with E-state index in [1.807, 2.05) is 30.3 Å². The molecule has 1 heterocycles. The van der Waals surface area contributed by atoms with Gasteiger partial charge in [0.05, 0.1) is 24.1 Å². The number of nitrogens with one attached hydrogen (secondary N) is 1. The first kappa shape index (κ1) is 15.4. The highest BCUT2D eigenvalue weighted by Crippen LogP contribution is 2.32. The topological polar surface area (TPSA) is 64.6 Å². The van der Waals surface area contributed by atoms with Crippen molar-refractivity contribution < 1.29 is 19.1 Å². The Morgan fingerprint density at radius 2 is 2.00 bits per heavy atom. The van der Waals surface area contributed by atoms with Crippen molar-refractivity contribution in [3.63, 3.8) is 0 Å². The van der Waals surface area contributed by atoms with Crippen LogP contribution < -0.4 is 10.1 Å². The predicted octanol–water partition coefficient (Wildman–Crippen LogP) is 3.10. The lowest BCUT2D eigenvalue weighted by Gasteiger charge is -2.16. The molecule has 0 fully saturated rings. The van der Waals surface area contributed by atoms with Gasteiger partial charge in [-0.05, 0) is 35.9 Å². The molecule has 1 N–H and O–H groups in total. The monoisotopic (exact) mass is 329 g/mol. The number of thioether (sulfide) groups is 1. The number of carbonyl (C=O) groups excluding carboxylic acids is 2. The second-order valence-electron chi connectivity index (χ2n) is 4.97. The quantitative estimate of drug-likeness (QED) is 0.873. The Bertz CT molecular complexity index is 743. The fourth-order valence-corrected chi connectivity index (χ4v) is 2.95. The molecule has 1 aliphatic rings. The second-order valence-corrected chi connectivity index (χ2v) is 5.99. The van der Waals surface area contributed by atoms with Crippen LogP contribution in [0.15, 0.2) is 47.4 Å². The maximum Gasteiger partial charge on any atom is 0.338 e. The zero-order valence-electron chi connectivity index (χ0n) is 12.5. The third-order valence-electron chi connectivity index (χ3n) is 3.38. The van der Waals surface area contributed by atoms with E-state index in [4.69, 9.17) is 9.47 Å². The molecule has 0 radical (unpaired) electrons. The number of anilines is 1. The van der Waals surface area contributed by atoms with E-state index in [1.165, 1.54) is 11.8 Å². The maximum atomic E-state index is 12.1. The van der Waals surface area contributed by atoms with Crippen LogP contribution >= 0.6 is 11.8 Å². The molecule has 5 nitrogen and oxygen atoms in total. The highest BCUT2D eigenvalue weighted by molar-refractivity contribution is 8.00. The van der Waals surface area contributed by atoms with Crippen LogP contribution in [0, 0.1) is 0 Å². The maximum absolute atomic E-state index is 12.1. The number of fused-ring (bicyclic) bond motifs is 1. The van der Waals surface area contributed by atoms with Crippen molar-refractivity contribution in [3.8, 4) is 5.75 Å². The molecule has 0 saturated heterocycles. The smallest absolute Gasteiger partial charge is 0.338 e. The summed E-state index contributed by atoms with van der Waals surface area (Å²) in [4.78, 5) is 24.5. The summed E-state index contributed by atoms with van der Waals surface area (Å²) >= 11 is 1.45. The van der Waals surface area contributed by atoms with Crippen molar-refractivity contribution in [3.05, 3.63) is 53.6 Å². The Morgan fingerprint density at radius 1 is 1.22 bits per heavy atom. The average molecular weight is 329 g/mol. The first-order valence-corrected chi connectivity index (χ1v) is 8.01. The zero-order valence-corrected chi connectivity index (χ0v) is 13.3. The van der Waals surface area contributed by atoms with Crippen molar-refractivity contribution in [2.45, 2.75) is 11.5 Å². The minimum atomic E-state index is -0.423. The number of carbonyl (C=O) groups is 2. The minimum absolute atomic E-state index is 0.0637. The molecular weight excluding hydrogens is 314 g/mol. The minimum Gasteiger partial charge on any atom is -0.497 e. The van der Waals surface area contributed by atoms with Crippen LogP contribution in [0.3, 0.4) is 0 Å². The summed E-state index contributed by atoms with van der Waals surface area (Å²) in [7, 11) is 1.60. The van der Waals surface area contributed by atoms with Crippen LogP contribution in [-0.2, 0) is 16.1 Å². The summed E-state index contributed by atoms with van der Waals surface area (Å²) in [6.45, 7) is 0.182. The third-order valence-corrected chi connectivity index (χ3v) is 4.45. The van der Waals surface area contributed by atoms with Crippen LogP contribution in [0.4, 0.5) is 5.69 Å². The average Bonchev–Trinajstić information content (AvgIpc) is 2.59. The van der Waals surface area contributed by atoms with Crippen molar-refractivity contribution in [2.75, 3.05) is 18.2 Å². The molecule has 118 valence electrons. The number of rotatable bonds is 4. The number of ether oxygens (including phenoxy) is 2. The fourth-order valence-electron chi connectivity index (χ4n) is 2.16. The van der Waals surface area contributed by atoms with E-state index in [0.717, 1.165) is 16.2 Å². The van der Waals surface area contributed by atoms with E-state index in [2.05, 4.69) is 5.32 Å². The molecule has 2 aromatic carbocycles. The van der Waals surface area contributed by atoms with E-state index in [1.54, 1.807) is 19.2 Å². The molecule has 0 saturated carbocycles. The Labute approximate surface area is 138 Å². The van der Waals surface area contributed by atoms with Gasteiger partial charge >= 0.3 is 5.97 Å². The molecular formula is C17H15NO4S. The van der Waals surface area contributed by atoms with Gasteiger partial charge in [-0.1, -0.05) is 12.1 Å². The van der Waals surface area contributed by atoms with Gasteiger partial charge < -0.3 is 14.8 Å². The SMILES string of the molecule is COc1ccc(COC(=O)c2ccc3c(c2)NC(=O)CS3)cc1. The van der Waals surface area contributed by atoms with E-state index in [9.17, 15) is 9.59 Å². The first-order chi connectivity index (χ1) is 11.2. The van der Waals surface area contributed by atoms with Gasteiger partial charge in [-0.2, -0.15) is 0 Å². The lowest BCUT2D eigenvalue weighted by molar-refractivity contribution is -0.113. The van der Waals surface area contributed by atoms with Gasteiger partial charge in [0.15, 0.2) is 0 Å². The highest BCUT2D eigenvalue weighted by atomic mass is 32.2. The van der Waals surface area contributed by atoms with E-state index in [0.29, 0.717) is 17.0 Å². The molecule has 0 unspecified atom stereocenters. The predicted molar refractivity (Wildman–Crippen MR) is 87.9 cm³/mol. The van der Waals surface area contributed by atoms with Gasteiger partial charge in [0.25, 0.3) is 0 Å². The van der Waals surface area contributed by atoms with E-state index in [-0.39, 0.29) is 12.5 Å². The van der Waals surface area contributed by atoms with E-state index >= 15 is 0 Å². The van der Waals surface area contributed by atoms with Gasteiger partial charge in [-0.15, -0.1) is 11.8 Å². The van der Waals surface area contributed by atoms with Gasteiger partial charge in [0.2, 0.25) is 5.91 Å². The largest absolute Gasteiger partial charge is 0.497 e. The van der Waals surface area contributed by atoms with Gasteiger partial charge in [-0.3, -0.25) is 4.79 Å². The number of hydrogen-bond donors (Lipinski definition) is 1. The second kappa shape index (κ2) is 6.75. The molecule has 1 amide bonds. The molecule has 0 bridgehead atoms. The van der Waals surface area contributed by atoms with Gasteiger partial charge in [0.1, 0.15) is 12.4 Å². The van der Waals surface area contributed by atoms with Crippen molar-refractivity contribution in [1.82, 2.24) is 0 Å². The van der Waals surface area contributed by atoms with Gasteiger partial charge in [0, 0.05) is 4.90 Å². The number of hydrogen-bond acceptors (Lipinski definition) is 5. The molecule has 23 heavy (non-hydrogen) atoms. The molecule has 3 rings (SSSR count).